The van der Waals surface area contributed by atoms with E-state index in [0.717, 1.165) is 19.4 Å². The molecule has 2 N–H and O–H groups in total. The summed E-state index contributed by atoms with van der Waals surface area (Å²) in [6, 6.07) is 4.26. The molecule has 2 heterocycles. The van der Waals surface area contributed by atoms with E-state index in [1.807, 2.05) is 7.05 Å². The van der Waals surface area contributed by atoms with Crippen molar-refractivity contribution in [3.8, 4) is 0 Å². The molecule has 0 bridgehead atoms. The maximum absolute atomic E-state index is 14.0. The number of nitrogens with zero attached hydrogens (tertiary/aromatic N) is 2. The van der Waals surface area contributed by atoms with Crippen LogP contribution in [0.4, 0.5) is 20.6 Å². The summed E-state index contributed by atoms with van der Waals surface area (Å²) in [6.07, 6.45) is 3.76. The highest BCUT2D eigenvalue weighted by atomic mass is 19.1. The van der Waals surface area contributed by atoms with Crippen LogP contribution < -0.4 is 15.5 Å². The zero-order chi connectivity index (χ0) is 17.1. The molecular formula is C17H23FN4O2. The number of nitrogens with one attached hydrogen (secondary N) is 2. The molecule has 3 rings (SSSR count). The largest absolute Gasteiger partial charge is 0.336 e. The number of hydrogen-bond donors (Lipinski definition) is 2. The summed E-state index contributed by atoms with van der Waals surface area (Å²) in [6.45, 7) is 1.92. The second kappa shape index (κ2) is 7.17. The van der Waals surface area contributed by atoms with E-state index in [0.29, 0.717) is 25.2 Å². The first-order valence-electron chi connectivity index (χ1n) is 8.39. The van der Waals surface area contributed by atoms with Crippen molar-refractivity contribution in [2.24, 2.45) is 0 Å². The molecule has 1 aromatic carbocycles. The van der Waals surface area contributed by atoms with Gasteiger partial charge in [0.15, 0.2) is 0 Å². The Morgan fingerprint density at radius 3 is 2.92 bits per heavy atom. The molecule has 0 aliphatic carbocycles. The Kier molecular flexibility index (Phi) is 4.99. The lowest BCUT2D eigenvalue weighted by Gasteiger charge is -2.31. The van der Waals surface area contributed by atoms with Crippen molar-refractivity contribution in [3.05, 3.63) is 24.0 Å². The van der Waals surface area contributed by atoms with Gasteiger partial charge in [0.25, 0.3) is 0 Å². The molecule has 130 valence electrons. The molecule has 1 atom stereocenters. The zero-order valence-electron chi connectivity index (χ0n) is 13.8. The second-order valence-corrected chi connectivity index (χ2v) is 6.43. The highest BCUT2D eigenvalue weighted by Gasteiger charge is 2.25. The van der Waals surface area contributed by atoms with Crippen molar-refractivity contribution < 1.29 is 14.0 Å². The van der Waals surface area contributed by atoms with Crippen molar-refractivity contribution in [2.45, 2.75) is 31.7 Å². The first kappa shape index (κ1) is 16.7. The van der Waals surface area contributed by atoms with Gasteiger partial charge in [0.2, 0.25) is 5.91 Å². The summed E-state index contributed by atoms with van der Waals surface area (Å²) in [5, 5.41) is 5.47. The molecule has 3 amide bonds. The van der Waals surface area contributed by atoms with Crippen LogP contribution in [-0.2, 0) is 4.79 Å². The number of carbonyl (C=O) groups is 2. The minimum absolute atomic E-state index is 0.0859. The average Bonchev–Trinajstić information content (AvgIpc) is 2.97. The lowest BCUT2D eigenvalue weighted by molar-refractivity contribution is -0.117. The zero-order valence-corrected chi connectivity index (χ0v) is 13.8. The summed E-state index contributed by atoms with van der Waals surface area (Å²) in [5.74, 6) is -0.561. The third kappa shape index (κ3) is 3.67. The number of benzene rings is 1. The van der Waals surface area contributed by atoms with Gasteiger partial charge in [-0.05, 0) is 44.6 Å². The van der Waals surface area contributed by atoms with Gasteiger partial charge in [-0.15, -0.1) is 0 Å². The number of halogens is 1. The van der Waals surface area contributed by atoms with E-state index in [9.17, 15) is 14.0 Å². The maximum Gasteiger partial charge on any atom is 0.322 e. The first-order valence-corrected chi connectivity index (χ1v) is 8.39. The molecule has 0 aromatic heterocycles. The maximum atomic E-state index is 14.0. The van der Waals surface area contributed by atoms with Crippen molar-refractivity contribution in [1.82, 2.24) is 10.2 Å². The predicted octanol–water partition coefficient (Wildman–Crippen LogP) is 2.17. The lowest BCUT2D eigenvalue weighted by atomic mass is 10.00. The van der Waals surface area contributed by atoms with Crippen LogP contribution in [0.15, 0.2) is 18.2 Å². The van der Waals surface area contributed by atoms with Gasteiger partial charge in [-0.1, -0.05) is 6.42 Å². The number of amides is 3. The fraction of sp³-hybridized carbons (Fsp3) is 0.529. The summed E-state index contributed by atoms with van der Waals surface area (Å²) < 4.78 is 14.0. The molecule has 0 radical (unpaired) electrons. The SMILES string of the molecule is CN1CCCCC1CC(=O)Nc1ccc(F)c(N2CCNC2=O)c1. The Balaban J connectivity index is 1.66. The van der Waals surface area contributed by atoms with Crippen LogP contribution in [0.5, 0.6) is 0 Å². The number of carbonyl (C=O) groups excluding carboxylic acids is 2. The number of anilines is 2. The van der Waals surface area contributed by atoms with Crippen LogP contribution in [0.1, 0.15) is 25.7 Å². The van der Waals surface area contributed by atoms with Gasteiger partial charge in [-0.25, -0.2) is 9.18 Å². The third-order valence-electron chi connectivity index (χ3n) is 4.72. The monoisotopic (exact) mass is 334 g/mol. The van der Waals surface area contributed by atoms with Crippen LogP contribution in [-0.4, -0.2) is 49.6 Å². The van der Waals surface area contributed by atoms with Gasteiger partial charge >= 0.3 is 6.03 Å². The molecule has 2 aliphatic heterocycles. The third-order valence-corrected chi connectivity index (χ3v) is 4.72. The minimum atomic E-state index is -0.475. The van der Waals surface area contributed by atoms with E-state index in [2.05, 4.69) is 15.5 Å². The van der Waals surface area contributed by atoms with Gasteiger partial charge in [0.1, 0.15) is 5.82 Å². The molecule has 7 heteroatoms. The van der Waals surface area contributed by atoms with Crippen LogP contribution in [0, 0.1) is 5.82 Å². The highest BCUT2D eigenvalue weighted by Crippen LogP contribution is 2.25. The van der Waals surface area contributed by atoms with Crippen molar-refractivity contribution in [1.29, 1.82) is 0 Å². The molecule has 0 spiro atoms. The van der Waals surface area contributed by atoms with Crippen LogP contribution >= 0.6 is 0 Å². The van der Waals surface area contributed by atoms with E-state index < -0.39 is 5.82 Å². The molecule has 1 unspecified atom stereocenters. The highest BCUT2D eigenvalue weighted by molar-refractivity contribution is 5.96. The van der Waals surface area contributed by atoms with Crippen LogP contribution in [0.3, 0.4) is 0 Å². The molecule has 0 saturated carbocycles. The molecule has 1 aromatic rings. The van der Waals surface area contributed by atoms with E-state index in [1.54, 1.807) is 0 Å². The summed E-state index contributed by atoms with van der Waals surface area (Å²) in [7, 11) is 2.04. The Hall–Kier alpha value is -2.15. The topological polar surface area (TPSA) is 64.7 Å². The number of hydrogen-bond acceptors (Lipinski definition) is 3. The van der Waals surface area contributed by atoms with Crippen LogP contribution in [0.2, 0.25) is 0 Å². The van der Waals surface area contributed by atoms with E-state index in [4.69, 9.17) is 0 Å². The lowest BCUT2D eigenvalue weighted by Crippen LogP contribution is -2.38. The standard InChI is InChI=1S/C17H23FN4O2/c1-21-8-3-2-4-13(21)11-16(23)20-12-5-6-14(18)15(10-12)22-9-7-19-17(22)24/h5-6,10,13H,2-4,7-9,11H2,1H3,(H,19,24)(H,20,23). The van der Waals surface area contributed by atoms with E-state index in [-0.39, 0.29) is 23.7 Å². The van der Waals surface area contributed by atoms with Crippen molar-refractivity contribution in [3.63, 3.8) is 0 Å². The minimum Gasteiger partial charge on any atom is -0.336 e. The van der Waals surface area contributed by atoms with E-state index in [1.165, 1.54) is 29.5 Å². The number of likely N-dealkylation sites (tertiary alicyclic amines) is 1. The van der Waals surface area contributed by atoms with Crippen molar-refractivity contribution in [2.75, 3.05) is 36.9 Å². The Bertz CT molecular complexity index is 637. The quantitative estimate of drug-likeness (QED) is 0.887. The first-order chi connectivity index (χ1) is 11.5. The Labute approximate surface area is 141 Å². The van der Waals surface area contributed by atoms with E-state index >= 15 is 0 Å². The Morgan fingerprint density at radius 2 is 2.21 bits per heavy atom. The summed E-state index contributed by atoms with van der Waals surface area (Å²) in [5.41, 5.74) is 0.701. The fourth-order valence-electron chi connectivity index (χ4n) is 3.33. The average molecular weight is 334 g/mol. The summed E-state index contributed by atoms with van der Waals surface area (Å²) >= 11 is 0. The van der Waals surface area contributed by atoms with Gasteiger partial charge in [0, 0.05) is 31.2 Å². The molecule has 2 fully saturated rings. The van der Waals surface area contributed by atoms with Gasteiger partial charge in [0.05, 0.1) is 5.69 Å². The smallest absolute Gasteiger partial charge is 0.322 e. The second-order valence-electron chi connectivity index (χ2n) is 6.43. The van der Waals surface area contributed by atoms with Crippen LogP contribution in [0.25, 0.3) is 0 Å². The normalized spacial score (nSPS) is 21.7. The predicted molar refractivity (Wildman–Crippen MR) is 90.7 cm³/mol. The molecule has 24 heavy (non-hydrogen) atoms. The van der Waals surface area contributed by atoms with Gasteiger partial charge in [-0.2, -0.15) is 0 Å². The van der Waals surface area contributed by atoms with Gasteiger partial charge < -0.3 is 15.5 Å². The van der Waals surface area contributed by atoms with Crippen molar-refractivity contribution >= 4 is 23.3 Å². The molecule has 2 saturated heterocycles. The number of rotatable bonds is 4. The molecule has 6 nitrogen and oxygen atoms in total. The fourth-order valence-corrected chi connectivity index (χ4v) is 3.33. The van der Waals surface area contributed by atoms with Gasteiger partial charge in [-0.3, -0.25) is 9.69 Å². The molecular weight excluding hydrogens is 311 g/mol. The molecule has 2 aliphatic rings. The number of piperidine rings is 1. The Morgan fingerprint density at radius 1 is 1.38 bits per heavy atom. The summed E-state index contributed by atoms with van der Waals surface area (Å²) in [4.78, 5) is 27.6. The number of urea groups is 1.